The Balaban J connectivity index is 2.40. The van der Waals surface area contributed by atoms with Gasteiger partial charge < -0.3 is 0 Å². The van der Waals surface area contributed by atoms with Gasteiger partial charge in [-0.15, -0.1) is 0 Å². The van der Waals surface area contributed by atoms with E-state index in [0.29, 0.717) is 11.4 Å². The molecule has 0 fully saturated rings. The number of nitrogens with zero attached hydrogens (tertiary/aromatic N) is 2. The second-order valence-electron chi connectivity index (χ2n) is 3.80. The molecule has 0 aliphatic rings. The molecule has 0 atom stereocenters. The van der Waals surface area contributed by atoms with E-state index >= 15 is 0 Å². The smallest absolute Gasteiger partial charge is 0.255 e. The van der Waals surface area contributed by atoms with Crippen LogP contribution in [0.5, 0.6) is 0 Å². The molecule has 0 saturated carbocycles. The lowest BCUT2D eigenvalue weighted by Gasteiger charge is -2.09. The second kappa shape index (κ2) is 4.86. The predicted octanol–water partition coefficient (Wildman–Crippen LogP) is 2.53. The highest BCUT2D eigenvalue weighted by molar-refractivity contribution is 6.29. The monoisotopic (exact) mass is 270 g/mol. The quantitative estimate of drug-likeness (QED) is 0.786. The van der Waals surface area contributed by atoms with Crippen molar-refractivity contribution in [3.8, 4) is 0 Å². The number of hydrogen-bond acceptors (Lipinski definition) is 2. The Morgan fingerprint density at radius 3 is 2.61 bits per heavy atom. The standard InChI is InChI=1S/C12H9ClF2N2O/c1-7-16-11(13)5-12(18)17(7)6-8-2-3-9(14)10(15)4-8/h2-5H,6H2,1H3. The molecule has 1 aromatic carbocycles. The summed E-state index contributed by atoms with van der Waals surface area (Å²) in [7, 11) is 0. The summed E-state index contributed by atoms with van der Waals surface area (Å²) in [5.41, 5.74) is 0.139. The lowest BCUT2D eigenvalue weighted by Crippen LogP contribution is -2.23. The molecular weight excluding hydrogens is 262 g/mol. The van der Waals surface area contributed by atoms with Crippen LogP contribution in [0.15, 0.2) is 29.1 Å². The first-order valence-electron chi connectivity index (χ1n) is 5.15. The van der Waals surface area contributed by atoms with Crippen LogP contribution in [0.25, 0.3) is 0 Å². The van der Waals surface area contributed by atoms with Gasteiger partial charge >= 0.3 is 0 Å². The summed E-state index contributed by atoms with van der Waals surface area (Å²) < 4.78 is 27.2. The minimum absolute atomic E-state index is 0.110. The second-order valence-corrected chi connectivity index (χ2v) is 4.19. The van der Waals surface area contributed by atoms with Gasteiger partial charge in [0, 0.05) is 6.07 Å². The molecule has 0 radical (unpaired) electrons. The van der Waals surface area contributed by atoms with E-state index in [0.717, 1.165) is 12.1 Å². The van der Waals surface area contributed by atoms with Crippen LogP contribution in [0.1, 0.15) is 11.4 Å². The molecule has 1 heterocycles. The molecule has 2 aromatic rings. The summed E-state index contributed by atoms with van der Waals surface area (Å²) in [6, 6.07) is 4.66. The molecule has 0 bridgehead atoms. The van der Waals surface area contributed by atoms with E-state index in [1.807, 2.05) is 0 Å². The van der Waals surface area contributed by atoms with E-state index in [2.05, 4.69) is 4.98 Å². The Labute approximate surface area is 107 Å². The van der Waals surface area contributed by atoms with Crippen molar-refractivity contribution in [3.05, 3.63) is 62.8 Å². The van der Waals surface area contributed by atoms with Crippen molar-refractivity contribution in [1.82, 2.24) is 9.55 Å². The van der Waals surface area contributed by atoms with Crippen LogP contribution in [0.2, 0.25) is 5.15 Å². The average molecular weight is 271 g/mol. The van der Waals surface area contributed by atoms with Crippen LogP contribution in [0, 0.1) is 18.6 Å². The summed E-state index contributed by atoms with van der Waals surface area (Å²) in [5, 5.41) is 0.110. The van der Waals surface area contributed by atoms with Gasteiger partial charge in [0.15, 0.2) is 11.6 Å². The first-order chi connectivity index (χ1) is 8.47. The summed E-state index contributed by atoms with van der Waals surface area (Å²) in [6.45, 7) is 1.74. The van der Waals surface area contributed by atoms with Gasteiger partial charge in [-0.2, -0.15) is 0 Å². The van der Waals surface area contributed by atoms with E-state index in [4.69, 9.17) is 11.6 Å². The first kappa shape index (κ1) is 12.7. The SMILES string of the molecule is Cc1nc(Cl)cc(=O)n1Cc1ccc(F)c(F)c1. The molecule has 0 saturated heterocycles. The van der Waals surface area contributed by atoms with Crippen molar-refractivity contribution in [3.63, 3.8) is 0 Å². The highest BCUT2D eigenvalue weighted by Crippen LogP contribution is 2.10. The van der Waals surface area contributed by atoms with Gasteiger partial charge in [-0.1, -0.05) is 17.7 Å². The number of halogens is 3. The third kappa shape index (κ3) is 2.56. The highest BCUT2D eigenvalue weighted by Gasteiger charge is 2.07. The molecule has 0 aliphatic carbocycles. The van der Waals surface area contributed by atoms with Gasteiger partial charge in [0.25, 0.3) is 5.56 Å². The van der Waals surface area contributed by atoms with Gasteiger partial charge in [0.2, 0.25) is 0 Å². The normalized spacial score (nSPS) is 10.7. The Morgan fingerprint density at radius 2 is 2.00 bits per heavy atom. The van der Waals surface area contributed by atoms with Gasteiger partial charge in [0.1, 0.15) is 11.0 Å². The zero-order chi connectivity index (χ0) is 13.3. The van der Waals surface area contributed by atoms with Gasteiger partial charge in [-0.3, -0.25) is 9.36 Å². The lowest BCUT2D eigenvalue weighted by molar-refractivity contribution is 0.506. The molecule has 0 spiro atoms. The largest absolute Gasteiger partial charge is 0.292 e. The molecular formula is C12H9ClF2N2O. The molecule has 3 nitrogen and oxygen atoms in total. The summed E-state index contributed by atoms with van der Waals surface area (Å²) >= 11 is 5.64. The molecule has 1 aromatic heterocycles. The molecule has 6 heteroatoms. The van der Waals surface area contributed by atoms with Crippen molar-refractivity contribution in [2.45, 2.75) is 13.5 Å². The zero-order valence-electron chi connectivity index (χ0n) is 9.45. The molecule has 0 unspecified atom stereocenters. The van der Waals surface area contributed by atoms with Gasteiger partial charge in [0.05, 0.1) is 6.54 Å². The fraction of sp³-hybridized carbons (Fsp3) is 0.167. The third-order valence-electron chi connectivity index (χ3n) is 2.49. The van der Waals surface area contributed by atoms with Crippen LogP contribution in [-0.4, -0.2) is 9.55 Å². The Bertz CT molecular complexity index is 655. The molecule has 0 N–H and O–H groups in total. The average Bonchev–Trinajstić information content (AvgIpc) is 2.28. The molecule has 94 valence electrons. The Morgan fingerprint density at radius 1 is 1.28 bits per heavy atom. The number of benzene rings is 1. The van der Waals surface area contributed by atoms with Crippen LogP contribution >= 0.6 is 11.6 Å². The Kier molecular flexibility index (Phi) is 3.43. The maximum Gasteiger partial charge on any atom is 0.255 e. The fourth-order valence-electron chi connectivity index (χ4n) is 1.60. The van der Waals surface area contributed by atoms with Crippen molar-refractivity contribution >= 4 is 11.6 Å². The number of hydrogen-bond donors (Lipinski definition) is 0. The minimum Gasteiger partial charge on any atom is -0.292 e. The van der Waals surface area contributed by atoms with Crippen molar-refractivity contribution in [2.75, 3.05) is 0 Å². The van der Waals surface area contributed by atoms with E-state index in [1.54, 1.807) is 6.92 Å². The van der Waals surface area contributed by atoms with E-state index in [1.165, 1.54) is 16.7 Å². The summed E-state index contributed by atoms with van der Waals surface area (Å²) in [5.74, 6) is -1.45. The van der Waals surface area contributed by atoms with Gasteiger partial charge in [-0.25, -0.2) is 13.8 Å². The topological polar surface area (TPSA) is 34.9 Å². The summed E-state index contributed by atoms with van der Waals surface area (Å²) in [4.78, 5) is 15.6. The third-order valence-corrected chi connectivity index (χ3v) is 2.69. The maximum absolute atomic E-state index is 13.0. The highest BCUT2D eigenvalue weighted by atomic mass is 35.5. The van der Waals surface area contributed by atoms with Crippen LogP contribution < -0.4 is 5.56 Å². The van der Waals surface area contributed by atoms with Gasteiger partial charge in [-0.05, 0) is 24.6 Å². The number of aryl methyl sites for hydroxylation is 1. The predicted molar refractivity (Wildman–Crippen MR) is 63.7 cm³/mol. The van der Waals surface area contributed by atoms with Crippen molar-refractivity contribution in [1.29, 1.82) is 0 Å². The Hall–Kier alpha value is -1.75. The van der Waals surface area contributed by atoms with E-state index in [-0.39, 0.29) is 17.3 Å². The molecule has 0 aliphatic heterocycles. The molecule has 18 heavy (non-hydrogen) atoms. The van der Waals surface area contributed by atoms with Crippen molar-refractivity contribution < 1.29 is 8.78 Å². The zero-order valence-corrected chi connectivity index (χ0v) is 10.2. The molecule has 0 amide bonds. The lowest BCUT2D eigenvalue weighted by atomic mass is 10.2. The number of rotatable bonds is 2. The van der Waals surface area contributed by atoms with Crippen molar-refractivity contribution in [2.24, 2.45) is 0 Å². The summed E-state index contributed by atoms with van der Waals surface area (Å²) in [6.07, 6.45) is 0. The van der Waals surface area contributed by atoms with E-state index < -0.39 is 11.6 Å². The van der Waals surface area contributed by atoms with Crippen LogP contribution in [0.3, 0.4) is 0 Å². The molecule has 2 rings (SSSR count). The first-order valence-corrected chi connectivity index (χ1v) is 5.53. The van der Waals surface area contributed by atoms with Crippen LogP contribution in [-0.2, 0) is 6.54 Å². The van der Waals surface area contributed by atoms with Crippen LogP contribution in [0.4, 0.5) is 8.78 Å². The maximum atomic E-state index is 13.0. The minimum atomic E-state index is -0.944. The fourth-order valence-corrected chi connectivity index (χ4v) is 1.82. The van der Waals surface area contributed by atoms with E-state index in [9.17, 15) is 13.6 Å². The number of aromatic nitrogens is 2.